The van der Waals surface area contributed by atoms with Gasteiger partial charge >= 0.3 is 0 Å². The third kappa shape index (κ3) is 4.70. The number of carbonyl (C=O) groups is 1. The second-order valence-corrected chi connectivity index (χ2v) is 5.72. The van der Waals surface area contributed by atoms with Gasteiger partial charge in [0.1, 0.15) is 5.82 Å². The van der Waals surface area contributed by atoms with Crippen LogP contribution in [-0.4, -0.2) is 20.6 Å². The van der Waals surface area contributed by atoms with E-state index in [4.69, 9.17) is 0 Å². The maximum atomic E-state index is 13.1. The van der Waals surface area contributed by atoms with E-state index in [1.54, 1.807) is 0 Å². The van der Waals surface area contributed by atoms with Crippen LogP contribution in [0.1, 0.15) is 23.7 Å². The van der Waals surface area contributed by atoms with Crippen LogP contribution in [-0.2, 0) is 10.0 Å². The Morgan fingerprint density at radius 2 is 2.05 bits per heavy atom. The molecule has 0 bridgehead atoms. The quantitative estimate of drug-likeness (QED) is 0.867. The van der Waals surface area contributed by atoms with E-state index in [9.17, 15) is 17.6 Å². The molecule has 0 unspecified atom stereocenters. The molecule has 0 saturated heterocycles. The van der Waals surface area contributed by atoms with Crippen LogP contribution in [0.3, 0.4) is 0 Å². The maximum absolute atomic E-state index is 13.1. The number of hydrogen-bond donors (Lipinski definition) is 2. The zero-order chi connectivity index (χ0) is 14.6. The van der Waals surface area contributed by atoms with Crippen molar-refractivity contribution in [3.05, 3.63) is 41.9 Å². The summed E-state index contributed by atoms with van der Waals surface area (Å²) in [6.45, 7) is 5.42. The smallest absolute Gasteiger partial charge is 0.257 e. The van der Waals surface area contributed by atoms with E-state index in [-0.39, 0.29) is 11.3 Å². The second-order valence-electron chi connectivity index (χ2n) is 3.98. The van der Waals surface area contributed by atoms with E-state index in [2.05, 4.69) is 16.6 Å². The Labute approximate surface area is 111 Å². The van der Waals surface area contributed by atoms with Gasteiger partial charge < -0.3 is 5.32 Å². The number of anilines is 1. The summed E-state index contributed by atoms with van der Waals surface area (Å²) in [6.07, 6.45) is 1.46. The van der Waals surface area contributed by atoms with Crippen LogP contribution < -0.4 is 10.0 Å². The molecular weight excluding hydrogens is 271 g/mol. The topological polar surface area (TPSA) is 75.3 Å². The fourth-order valence-electron chi connectivity index (χ4n) is 1.31. The van der Waals surface area contributed by atoms with Crippen molar-refractivity contribution in [2.45, 2.75) is 13.3 Å². The molecule has 7 heteroatoms. The SMILES string of the molecule is C=C(CC)NC(=O)c1ccc(F)cc1NS(C)(=O)=O. The summed E-state index contributed by atoms with van der Waals surface area (Å²) in [5.41, 5.74) is 0.407. The average molecular weight is 286 g/mol. The van der Waals surface area contributed by atoms with E-state index in [0.717, 1.165) is 18.4 Å². The predicted octanol–water partition coefficient (Wildman–Crippen LogP) is 1.85. The molecule has 0 heterocycles. The lowest BCUT2D eigenvalue weighted by molar-refractivity contribution is 0.0966. The van der Waals surface area contributed by atoms with Crippen molar-refractivity contribution in [3.8, 4) is 0 Å². The number of allylic oxidation sites excluding steroid dienone is 1. The Morgan fingerprint density at radius 1 is 1.42 bits per heavy atom. The van der Waals surface area contributed by atoms with Crippen LogP contribution in [0.4, 0.5) is 10.1 Å². The molecule has 0 spiro atoms. The second kappa shape index (κ2) is 5.83. The lowest BCUT2D eigenvalue weighted by atomic mass is 10.1. The Morgan fingerprint density at radius 3 is 2.58 bits per heavy atom. The zero-order valence-electron chi connectivity index (χ0n) is 10.7. The molecule has 5 nitrogen and oxygen atoms in total. The predicted molar refractivity (Wildman–Crippen MR) is 71.8 cm³/mol. The first-order valence-corrected chi connectivity index (χ1v) is 7.38. The summed E-state index contributed by atoms with van der Waals surface area (Å²) in [5.74, 6) is -1.19. The number of hydrogen-bond acceptors (Lipinski definition) is 3. The van der Waals surface area contributed by atoms with Crippen molar-refractivity contribution < 1.29 is 17.6 Å². The zero-order valence-corrected chi connectivity index (χ0v) is 11.5. The standard InChI is InChI=1S/C12H15FN2O3S/c1-4-8(2)14-12(16)10-6-5-9(13)7-11(10)15-19(3,17)18/h5-7,15H,2,4H2,1,3H3,(H,14,16). The summed E-state index contributed by atoms with van der Waals surface area (Å²) in [5, 5.41) is 2.50. The minimum atomic E-state index is -3.60. The van der Waals surface area contributed by atoms with Crippen LogP contribution in [0, 0.1) is 5.82 Å². The van der Waals surface area contributed by atoms with Gasteiger partial charge in [0.05, 0.1) is 17.5 Å². The summed E-state index contributed by atoms with van der Waals surface area (Å²) in [7, 11) is -3.60. The lowest BCUT2D eigenvalue weighted by Crippen LogP contribution is -2.24. The van der Waals surface area contributed by atoms with Gasteiger partial charge in [-0.2, -0.15) is 0 Å². The van der Waals surface area contributed by atoms with Gasteiger partial charge in [0.15, 0.2) is 0 Å². The van der Waals surface area contributed by atoms with Crippen LogP contribution in [0.15, 0.2) is 30.5 Å². The highest BCUT2D eigenvalue weighted by molar-refractivity contribution is 7.92. The number of carbonyl (C=O) groups excluding carboxylic acids is 1. The minimum absolute atomic E-state index is 0.0291. The molecule has 0 fully saturated rings. The molecule has 1 amide bonds. The number of benzene rings is 1. The maximum Gasteiger partial charge on any atom is 0.257 e. The molecule has 0 atom stereocenters. The van der Waals surface area contributed by atoms with Crippen LogP contribution in [0.25, 0.3) is 0 Å². The monoisotopic (exact) mass is 286 g/mol. The molecule has 1 aromatic carbocycles. The van der Waals surface area contributed by atoms with Gasteiger partial charge in [0.25, 0.3) is 5.91 Å². The number of nitrogens with one attached hydrogen (secondary N) is 2. The van der Waals surface area contributed by atoms with Crippen molar-refractivity contribution in [1.82, 2.24) is 5.32 Å². The third-order valence-corrected chi connectivity index (χ3v) is 2.83. The first-order valence-electron chi connectivity index (χ1n) is 5.49. The summed E-state index contributed by atoms with van der Waals surface area (Å²) in [6, 6.07) is 3.24. The van der Waals surface area contributed by atoms with Crippen molar-refractivity contribution in [3.63, 3.8) is 0 Å². The molecule has 0 saturated carbocycles. The van der Waals surface area contributed by atoms with Crippen molar-refractivity contribution in [1.29, 1.82) is 0 Å². The molecule has 1 rings (SSSR count). The summed E-state index contributed by atoms with van der Waals surface area (Å²) >= 11 is 0. The third-order valence-electron chi connectivity index (χ3n) is 2.24. The molecule has 0 aromatic heterocycles. The first-order chi connectivity index (χ1) is 8.73. The number of halogens is 1. The van der Waals surface area contributed by atoms with E-state index in [1.807, 2.05) is 6.92 Å². The highest BCUT2D eigenvalue weighted by Gasteiger charge is 2.15. The van der Waals surface area contributed by atoms with Crippen LogP contribution in [0.2, 0.25) is 0 Å². The van der Waals surface area contributed by atoms with Gasteiger partial charge in [0.2, 0.25) is 10.0 Å². The average Bonchev–Trinajstić information content (AvgIpc) is 2.26. The van der Waals surface area contributed by atoms with Gasteiger partial charge in [0, 0.05) is 5.70 Å². The van der Waals surface area contributed by atoms with Gasteiger partial charge in [-0.25, -0.2) is 12.8 Å². The van der Waals surface area contributed by atoms with E-state index >= 15 is 0 Å². The van der Waals surface area contributed by atoms with Gasteiger partial charge in [-0.05, 0) is 24.6 Å². The molecule has 2 N–H and O–H groups in total. The Bertz CT molecular complexity index is 611. The van der Waals surface area contributed by atoms with Gasteiger partial charge in [-0.1, -0.05) is 13.5 Å². The molecule has 0 aliphatic carbocycles. The van der Waals surface area contributed by atoms with Crippen molar-refractivity contribution in [2.75, 3.05) is 11.0 Å². The van der Waals surface area contributed by atoms with Crippen LogP contribution >= 0.6 is 0 Å². The molecule has 19 heavy (non-hydrogen) atoms. The molecular formula is C12H15FN2O3S. The van der Waals surface area contributed by atoms with E-state index in [0.29, 0.717) is 12.1 Å². The number of rotatable bonds is 5. The van der Waals surface area contributed by atoms with Gasteiger partial charge in [-0.3, -0.25) is 9.52 Å². The lowest BCUT2D eigenvalue weighted by Gasteiger charge is -2.11. The summed E-state index contributed by atoms with van der Waals surface area (Å²) in [4.78, 5) is 11.9. The number of amides is 1. The van der Waals surface area contributed by atoms with Crippen LogP contribution in [0.5, 0.6) is 0 Å². The van der Waals surface area contributed by atoms with Crippen molar-refractivity contribution >= 4 is 21.6 Å². The van der Waals surface area contributed by atoms with Gasteiger partial charge in [-0.15, -0.1) is 0 Å². The molecule has 0 aliphatic rings. The summed E-state index contributed by atoms with van der Waals surface area (Å²) < 4.78 is 37.6. The number of sulfonamides is 1. The Kier molecular flexibility index (Phi) is 4.66. The minimum Gasteiger partial charge on any atom is -0.326 e. The fraction of sp³-hybridized carbons (Fsp3) is 0.250. The normalized spacial score (nSPS) is 10.9. The molecule has 104 valence electrons. The van der Waals surface area contributed by atoms with Crippen molar-refractivity contribution in [2.24, 2.45) is 0 Å². The van der Waals surface area contributed by atoms with E-state index in [1.165, 1.54) is 6.07 Å². The fourth-order valence-corrected chi connectivity index (χ4v) is 1.88. The molecule has 1 aromatic rings. The highest BCUT2D eigenvalue weighted by Crippen LogP contribution is 2.18. The largest absolute Gasteiger partial charge is 0.326 e. The Balaban J connectivity index is 3.13. The molecule has 0 radical (unpaired) electrons. The Hall–Kier alpha value is -1.89. The first kappa shape index (κ1) is 15.2. The van der Waals surface area contributed by atoms with E-state index < -0.39 is 21.7 Å². The highest BCUT2D eigenvalue weighted by atomic mass is 32.2. The molecule has 0 aliphatic heterocycles.